The van der Waals surface area contributed by atoms with E-state index in [1.54, 1.807) is 15.8 Å². The molecule has 3 aromatic rings. The minimum Gasteiger partial charge on any atom is -0.361 e. The number of nitrogens with one attached hydrogen (secondary N) is 2. The number of para-hydroxylation sites is 1. The highest BCUT2D eigenvalue weighted by molar-refractivity contribution is 5.98. The molecule has 0 unspecified atom stereocenters. The maximum Gasteiger partial charge on any atom is 0.246 e. The third-order valence-corrected chi connectivity index (χ3v) is 5.40. The first-order valence-corrected chi connectivity index (χ1v) is 10.5. The Bertz CT molecular complexity index is 1030. The van der Waals surface area contributed by atoms with E-state index in [1.807, 2.05) is 24.2 Å². The van der Waals surface area contributed by atoms with Gasteiger partial charge in [-0.15, -0.1) is 0 Å². The predicted molar refractivity (Wildman–Crippen MR) is 120 cm³/mol. The number of benzene rings is 1. The molecule has 2 aromatic heterocycles. The summed E-state index contributed by atoms with van der Waals surface area (Å²) in [4.78, 5) is 24.7. The third kappa shape index (κ3) is 4.32. The first-order chi connectivity index (χ1) is 14.7. The second-order valence-corrected chi connectivity index (χ2v) is 7.54. The van der Waals surface area contributed by atoms with Crippen LogP contribution in [0.25, 0.3) is 10.9 Å². The summed E-state index contributed by atoms with van der Waals surface area (Å²) < 4.78 is 1.72. The van der Waals surface area contributed by atoms with Gasteiger partial charge in [0.05, 0.1) is 11.9 Å². The number of aromatic nitrogens is 3. The van der Waals surface area contributed by atoms with Gasteiger partial charge in [-0.2, -0.15) is 5.10 Å². The lowest BCUT2D eigenvalue weighted by Crippen LogP contribution is -2.55. The van der Waals surface area contributed by atoms with Gasteiger partial charge in [0, 0.05) is 56.5 Å². The number of H-pyrrole nitrogens is 1. The SMILES string of the molecule is CCNC(=NCCCc1c[nH]c2ccccc12)N1CCN(c2cnn(C)c2)C(=O)C1. The van der Waals surface area contributed by atoms with E-state index in [1.165, 1.54) is 16.5 Å². The minimum atomic E-state index is 0.0682. The van der Waals surface area contributed by atoms with Crippen LogP contribution >= 0.6 is 0 Å². The Morgan fingerprint density at radius 3 is 2.93 bits per heavy atom. The number of amides is 1. The summed E-state index contributed by atoms with van der Waals surface area (Å²) >= 11 is 0. The molecule has 1 aliphatic rings. The molecule has 30 heavy (non-hydrogen) atoms. The molecule has 8 nitrogen and oxygen atoms in total. The van der Waals surface area contributed by atoms with Crippen molar-refractivity contribution in [3.8, 4) is 0 Å². The van der Waals surface area contributed by atoms with Crippen molar-refractivity contribution in [2.75, 3.05) is 37.6 Å². The van der Waals surface area contributed by atoms with E-state index in [2.05, 4.69) is 46.7 Å². The predicted octanol–water partition coefficient (Wildman–Crippen LogP) is 2.15. The van der Waals surface area contributed by atoms with Crippen molar-refractivity contribution >= 4 is 28.5 Å². The second-order valence-electron chi connectivity index (χ2n) is 7.54. The van der Waals surface area contributed by atoms with Crippen LogP contribution in [-0.4, -0.2) is 64.3 Å². The van der Waals surface area contributed by atoms with Gasteiger partial charge >= 0.3 is 0 Å². The number of rotatable bonds is 6. The molecule has 3 heterocycles. The Kier molecular flexibility index (Phi) is 6.02. The van der Waals surface area contributed by atoms with E-state index in [0.29, 0.717) is 13.1 Å². The highest BCUT2D eigenvalue weighted by atomic mass is 16.2. The molecular formula is C22H29N7O. The minimum absolute atomic E-state index is 0.0682. The topological polar surface area (TPSA) is 81.6 Å². The van der Waals surface area contributed by atoms with E-state index < -0.39 is 0 Å². The summed E-state index contributed by atoms with van der Waals surface area (Å²) in [5.74, 6) is 0.884. The summed E-state index contributed by atoms with van der Waals surface area (Å²) in [5.41, 5.74) is 3.35. The highest BCUT2D eigenvalue weighted by Crippen LogP contribution is 2.19. The summed E-state index contributed by atoms with van der Waals surface area (Å²) in [5, 5.41) is 8.79. The third-order valence-electron chi connectivity index (χ3n) is 5.40. The molecule has 2 N–H and O–H groups in total. The van der Waals surface area contributed by atoms with Crippen molar-refractivity contribution < 1.29 is 4.79 Å². The van der Waals surface area contributed by atoms with Gasteiger partial charge < -0.3 is 20.1 Å². The maximum absolute atomic E-state index is 12.7. The molecule has 1 fully saturated rings. The Morgan fingerprint density at radius 1 is 1.30 bits per heavy atom. The molecule has 0 saturated carbocycles. The molecule has 0 bridgehead atoms. The number of anilines is 1. The van der Waals surface area contributed by atoms with Crippen LogP contribution in [0.1, 0.15) is 18.9 Å². The van der Waals surface area contributed by atoms with E-state index >= 15 is 0 Å². The zero-order valence-corrected chi connectivity index (χ0v) is 17.6. The van der Waals surface area contributed by atoms with Crippen molar-refractivity contribution in [2.45, 2.75) is 19.8 Å². The molecule has 0 atom stereocenters. The zero-order chi connectivity index (χ0) is 20.9. The van der Waals surface area contributed by atoms with Crippen molar-refractivity contribution in [2.24, 2.45) is 12.0 Å². The molecule has 158 valence electrons. The number of hydrogen-bond acceptors (Lipinski definition) is 3. The summed E-state index contributed by atoms with van der Waals surface area (Å²) in [6.07, 6.45) is 7.63. The first kappa shape index (κ1) is 20.0. The van der Waals surface area contributed by atoms with Crippen LogP contribution in [0.4, 0.5) is 5.69 Å². The lowest BCUT2D eigenvalue weighted by Gasteiger charge is -2.35. The number of aromatic amines is 1. The van der Waals surface area contributed by atoms with Gasteiger partial charge in [-0.1, -0.05) is 18.2 Å². The van der Waals surface area contributed by atoms with E-state index in [0.717, 1.165) is 44.1 Å². The summed E-state index contributed by atoms with van der Waals surface area (Å²) in [6, 6.07) is 8.37. The average Bonchev–Trinajstić information content (AvgIpc) is 3.36. The largest absolute Gasteiger partial charge is 0.361 e. The van der Waals surface area contributed by atoms with Gasteiger partial charge in [0.25, 0.3) is 0 Å². The number of guanidine groups is 1. The zero-order valence-electron chi connectivity index (χ0n) is 17.6. The fourth-order valence-electron chi connectivity index (χ4n) is 3.89. The van der Waals surface area contributed by atoms with Crippen LogP contribution in [0.2, 0.25) is 0 Å². The number of carbonyl (C=O) groups excluding carboxylic acids is 1. The van der Waals surface area contributed by atoms with Crippen molar-refractivity contribution in [1.82, 2.24) is 25.0 Å². The van der Waals surface area contributed by atoms with Crippen LogP contribution in [0, 0.1) is 0 Å². The Labute approximate surface area is 176 Å². The van der Waals surface area contributed by atoms with Gasteiger partial charge in [-0.05, 0) is 31.4 Å². The van der Waals surface area contributed by atoms with Gasteiger partial charge in [-0.25, -0.2) is 0 Å². The fourth-order valence-corrected chi connectivity index (χ4v) is 3.89. The van der Waals surface area contributed by atoms with Crippen LogP contribution in [0.5, 0.6) is 0 Å². The van der Waals surface area contributed by atoms with Gasteiger partial charge in [-0.3, -0.25) is 14.5 Å². The average molecular weight is 408 g/mol. The molecule has 1 aliphatic heterocycles. The lowest BCUT2D eigenvalue weighted by molar-refractivity contribution is -0.120. The fraction of sp³-hybridized carbons (Fsp3) is 0.409. The second kappa shape index (κ2) is 9.02. The molecule has 8 heteroatoms. The number of aryl methyl sites for hydroxylation is 2. The summed E-state index contributed by atoms with van der Waals surface area (Å²) in [7, 11) is 1.86. The molecule has 0 aliphatic carbocycles. The standard InChI is InChI=1S/C22H29N7O/c1-3-23-22(24-10-6-7-17-13-25-20-9-5-4-8-19(17)20)28-11-12-29(21(30)16-28)18-14-26-27(2)15-18/h4-5,8-9,13-15,25H,3,6-7,10-12,16H2,1-2H3,(H,23,24). The van der Waals surface area contributed by atoms with Crippen molar-refractivity contribution in [1.29, 1.82) is 0 Å². The highest BCUT2D eigenvalue weighted by Gasteiger charge is 2.27. The van der Waals surface area contributed by atoms with Crippen molar-refractivity contribution in [3.05, 3.63) is 48.4 Å². The number of piperazine rings is 1. The molecular weight excluding hydrogens is 378 g/mol. The molecule has 0 spiro atoms. The quantitative estimate of drug-likeness (QED) is 0.373. The van der Waals surface area contributed by atoms with E-state index in [4.69, 9.17) is 4.99 Å². The van der Waals surface area contributed by atoms with Crippen LogP contribution in [-0.2, 0) is 18.3 Å². The summed E-state index contributed by atoms with van der Waals surface area (Å²) in [6.45, 7) is 5.24. The van der Waals surface area contributed by atoms with Gasteiger partial charge in [0.1, 0.15) is 6.54 Å². The van der Waals surface area contributed by atoms with E-state index in [-0.39, 0.29) is 5.91 Å². The number of aliphatic imine (C=N–C) groups is 1. The molecule has 1 amide bonds. The molecule has 4 rings (SSSR count). The Hall–Kier alpha value is -3.29. The van der Waals surface area contributed by atoms with Crippen molar-refractivity contribution in [3.63, 3.8) is 0 Å². The number of nitrogens with zero attached hydrogens (tertiary/aromatic N) is 5. The Morgan fingerprint density at radius 2 is 2.17 bits per heavy atom. The van der Waals surface area contributed by atoms with E-state index in [9.17, 15) is 4.79 Å². The number of fused-ring (bicyclic) bond motifs is 1. The normalized spacial score (nSPS) is 15.3. The van der Waals surface area contributed by atoms with Crippen LogP contribution < -0.4 is 10.2 Å². The maximum atomic E-state index is 12.7. The monoisotopic (exact) mass is 407 g/mol. The molecule has 0 radical (unpaired) electrons. The van der Waals surface area contributed by atoms with Gasteiger partial charge in [0.2, 0.25) is 5.91 Å². The molecule has 1 aromatic carbocycles. The van der Waals surface area contributed by atoms with Gasteiger partial charge in [0.15, 0.2) is 5.96 Å². The van der Waals surface area contributed by atoms with Crippen LogP contribution in [0.15, 0.2) is 47.8 Å². The lowest BCUT2D eigenvalue weighted by atomic mass is 10.1. The Balaban J connectivity index is 1.35. The number of hydrogen-bond donors (Lipinski definition) is 2. The smallest absolute Gasteiger partial charge is 0.246 e. The first-order valence-electron chi connectivity index (χ1n) is 10.5. The molecule has 1 saturated heterocycles. The van der Waals surface area contributed by atoms with Crippen LogP contribution in [0.3, 0.4) is 0 Å². The number of carbonyl (C=O) groups is 1.